The molecule has 0 N–H and O–H groups in total. The highest BCUT2D eigenvalue weighted by Crippen LogP contribution is 2.49. The van der Waals surface area contributed by atoms with Crippen LogP contribution in [0.15, 0.2) is 154 Å². The number of rotatable bonds is 3. The minimum absolute atomic E-state index is 0.00792. The fourth-order valence-corrected chi connectivity index (χ4v) is 10.3. The van der Waals surface area contributed by atoms with E-state index in [1.165, 1.54) is 54.2 Å². The van der Waals surface area contributed by atoms with Crippen LogP contribution >= 0.6 is 11.8 Å². The lowest BCUT2D eigenvalue weighted by atomic mass is 9.34. The van der Waals surface area contributed by atoms with Gasteiger partial charge in [-0.1, -0.05) is 189 Å². The first-order chi connectivity index (χ1) is 27.7. The smallest absolute Gasteiger partial charge is 0.249 e. The van der Waals surface area contributed by atoms with Crippen molar-refractivity contribution in [3.05, 3.63) is 156 Å². The number of benzene rings is 7. The van der Waals surface area contributed by atoms with E-state index in [1.807, 2.05) is 11.8 Å². The van der Waals surface area contributed by atoms with Crippen LogP contribution in [0.3, 0.4) is 0 Å². The lowest BCUT2D eigenvalue weighted by molar-refractivity contribution is 0.588. The Morgan fingerprint density at radius 3 is 1.72 bits per heavy atom. The van der Waals surface area contributed by atoms with Crippen molar-refractivity contribution >= 4 is 73.9 Å². The number of hydrogen-bond donors (Lipinski definition) is 0. The molecule has 4 heteroatoms. The van der Waals surface area contributed by atoms with E-state index in [9.17, 15) is 0 Å². The number of fused-ring (bicyclic) bond motifs is 7. The summed E-state index contributed by atoms with van der Waals surface area (Å²) in [5, 5.41) is 2.26. The number of para-hydroxylation sites is 3. The second kappa shape index (κ2) is 13.0. The van der Waals surface area contributed by atoms with Crippen molar-refractivity contribution in [1.29, 1.82) is 0 Å². The van der Waals surface area contributed by atoms with Gasteiger partial charge in [0.25, 0.3) is 0 Å². The summed E-state index contributed by atoms with van der Waals surface area (Å²) in [6, 6.07) is 52.2. The van der Waals surface area contributed by atoms with Crippen molar-refractivity contribution in [1.82, 2.24) is 0 Å². The molecule has 8 aromatic rings. The first-order valence-electron chi connectivity index (χ1n) is 20.7. The standard InChI is InChI=1S/C54H50BNOS/c1-52(2,3)34-25-27-45-42(29-34)55-43-30-35(53(4,5)6)26-28-47(43)58-48-32-36(54(7,8)9)31-46(49(48)55)56(45)44-24-14-13-19-38(44)39-21-16-23-41-40-22-15-20-37(50(40)57-51(39)41)33-17-11-10-12-18-33/h10-32H,1-9H3. The van der Waals surface area contributed by atoms with Crippen LogP contribution in [0.2, 0.25) is 0 Å². The van der Waals surface area contributed by atoms with Gasteiger partial charge in [-0.05, 0) is 79.8 Å². The molecule has 3 heterocycles. The Hall–Kier alpha value is -5.45. The Balaban J connectivity index is 1.26. The molecule has 0 fully saturated rings. The molecule has 1 aromatic heterocycles. The van der Waals surface area contributed by atoms with Gasteiger partial charge in [-0.25, -0.2) is 0 Å². The summed E-state index contributed by atoms with van der Waals surface area (Å²) < 4.78 is 7.04. The third-order valence-electron chi connectivity index (χ3n) is 12.4. The van der Waals surface area contributed by atoms with Crippen LogP contribution in [0.4, 0.5) is 17.1 Å². The Morgan fingerprint density at radius 1 is 0.448 bits per heavy atom. The predicted molar refractivity (Wildman–Crippen MR) is 251 cm³/mol. The molecule has 58 heavy (non-hydrogen) atoms. The third kappa shape index (κ3) is 5.86. The van der Waals surface area contributed by atoms with Crippen molar-refractivity contribution in [3.63, 3.8) is 0 Å². The quantitative estimate of drug-likeness (QED) is 0.166. The summed E-state index contributed by atoms with van der Waals surface area (Å²) in [4.78, 5) is 5.29. The highest BCUT2D eigenvalue weighted by Gasteiger charge is 2.43. The zero-order valence-corrected chi connectivity index (χ0v) is 35.9. The molecule has 2 aliphatic heterocycles. The molecule has 0 saturated heterocycles. The molecular formula is C54H50BNOS. The number of anilines is 3. The van der Waals surface area contributed by atoms with Crippen LogP contribution in [0.5, 0.6) is 0 Å². The second-order valence-electron chi connectivity index (χ2n) is 19.4. The molecule has 7 aromatic carbocycles. The predicted octanol–water partition coefficient (Wildman–Crippen LogP) is 13.6. The maximum atomic E-state index is 7.04. The van der Waals surface area contributed by atoms with E-state index < -0.39 is 0 Å². The molecule has 0 radical (unpaired) electrons. The maximum absolute atomic E-state index is 7.04. The molecule has 0 unspecified atom stereocenters. The minimum Gasteiger partial charge on any atom is -0.455 e. The van der Waals surface area contributed by atoms with E-state index in [4.69, 9.17) is 4.42 Å². The van der Waals surface area contributed by atoms with Gasteiger partial charge in [0.1, 0.15) is 11.2 Å². The fourth-order valence-electron chi connectivity index (χ4n) is 9.15. The number of hydrogen-bond acceptors (Lipinski definition) is 3. The number of furan rings is 1. The average Bonchev–Trinajstić information content (AvgIpc) is 3.59. The summed E-state index contributed by atoms with van der Waals surface area (Å²) >= 11 is 1.94. The van der Waals surface area contributed by atoms with Crippen molar-refractivity contribution < 1.29 is 4.42 Å². The van der Waals surface area contributed by atoms with Gasteiger partial charge in [0, 0.05) is 48.6 Å². The molecule has 0 amide bonds. The summed E-state index contributed by atoms with van der Waals surface area (Å²) in [6.45, 7) is 21.1. The monoisotopic (exact) mass is 771 g/mol. The lowest BCUT2D eigenvalue weighted by Gasteiger charge is -2.42. The number of nitrogens with zero attached hydrogens (tertiary/aromatic N) is 1. The zero-order chi connectivity index (χ0) is 40.3. The maximum Gasteiger partial charge on any atom is 0.249 e. The highest BCUT2D eigenvalue weighted by molar-refractivity contribution is 8.00. The Labute approximate surface area is 348 Å². The van der Waals surface area contributed by atoms with Crippen molar-refractivity contribution in [2.75, 3.05) is 4.90 Å². The summed E-state index contributed by atoms with van der Waals surface area (Å²) in [7, 11) is 0. The summed E-state index contributed by atoms with van der Waals surface area (Å²) in [5.41, 5.74) is 18.2. The molecule has 286 valence electrons. The normalized spacial score (nSPS) is 13.8. The second-order valence-corrected chi connectivity index (χ2v) is 20.5. The van der Waals surface area contributed by atoms with Crippen LogP contribution < -0.4 is 21.3 Å². The van der Waals surface area contributed by atoms with Crippen LogP contribution in [-0.4, -0.2) is 6.71 Å². The van der Waals surface area contributed by atoms with E-state index >= 15 is 0 Å². The highest BCUT2D eigenvalue weighted by atomic mass is 32.2. The molecular weight excluding hydrogens is 721 g/mol. The summed E-state index contributed by atoms with van der Waals surface area (Å²) in [6.07, 6.45) is 0. The van der Waals surface area contributed by atoms with E-state index in [2.05, 4.69) is 207 Å². The van der Waals surface area contributed by atoms with Gasteiger partial charge in [-0.2, -0.15) is 0 Å². The van der Waals surface area contributed by atoms with Gasteiger partial charge in [-0.15, -0.1) is 0 Å². The molecule has 0 aliphatic carbocycles. The molecule has 0 saturated carbocycles. The zero-order valence-electron chi connectivity index (χ0n) is 35.1. The Bertz CT molecular complexity index is 2940. The fraction of sp³-hybridized carbons (Fsp3) is 0.222. The molecule has 2 aliphatic rings. The van der Waals surface area contributed by atoms with Crippen molar-refractivity contribution in [3.8, 4) is 22.3 Å². The Morgan fingerprint density at radius 2 is 1.03 bits per heavy atom. The largest absolute Gasteiger partial charge is 0.455 e. The Kier molecular flexibility index (Phi) is 8.28. The van der Waals surface area contributed by atoms with Crippen LogP contribution in [0, 0.1) is 0 Å². The van der Waals surface area contributed by atoms with Gasteiger partial charge < -0.3 is 9.32 Å². The van der Waals surface area contributed by atoms with Gasteiger partial charge in [0.2, 0.25) is 6.71 Å². The van der Waals surface area contributed by atoms with E-state index in [0.717, 1.165) is 49.9 Å². The van der Waals surface area contributed by atoms with E-state index in [1.54, 1.807) is 0 Å². The molecule has 0 bridgehead atoms. The molecule has 0 spiro atoms. The van der Waals surface area contributed by atoms with E-state index in [0.29, 0.717) is 0 Å². The molecule has 0 atom stereocenters. The minimum atomic E-state index is -0.0458. The van der Waals surface area contributed by atoms with Crippen molar-refractivity contribution in [2.45, 2.75) is 88.3 Å². The van der Waals surface area contributed by atoms with Crippen LogP contribution in [0.25, 0.3) is 44.2 Å². The topological polar surface area (TPSA) is 16.4 Å². The summed E-state index contributed by atoms with van der Waals surface area (Å²) in [5.74, 6) is 0. The SMILES string of the molecule is CC(C)(C)c1ccc2c(c1)B1c3cc(C(C)(C)C)ccc3N(c3ccccc3-c3cccc4c3oc3c(-c5ccccc5)cccc34)c3cc(C(C)(C)C)cc(c31)S2. The van der Waals surface area contributed by atoms with Crippen LogP contribution in [0.1, 0.15) is 79.0 Å². The third-order valence-corrected chi connectivity index (χ3v) is 13.6. The van der Waals surface area contributed by atoms with Gasteiger partial charge >= 0.3 is 0 Å². The van der Waals surface area contributed by atoms with Gasteiger partial charge in [-0.3, -0.25) is 0 Å². The van der Waals surface area contributed by atoms with Crippen molar-refractivity contribution in [2.24, 2.45) is 0 Å². The van der Waals surface area contributed by atoms with E-state index in [-0.39, 0.29) is 23.0 Å². The lowest BCUT2D eigenvalue weighted by Crippen LogP contribution is -2.60. The average molecular weight is 772 g/mol. The first kappa shape index (κ1) is 36.9. The van der Waals surface area contributed by atoms with Gasteiger partial charge in [0.05, 0.1) is 5.69 Å². The molecule has 10 rings (SSSR count). The molecule has 2 nitrogen and oxygen atoms in total. The van der Waals surface area contributed by atoms with Crippen LogP contribution in [-0.2, 0) is 16.2 Å². The van der Waals surface area contributed by atoms with Gasteiger partial charge in [0.15, 0.2) is 0 Å². The first-order valence-corrected chi connectivity index (χ1v) is 21.5.